The maximum Gasteiger partial charge on any atom is -0.369 e. The van der Waals surface area contributed by atoms with E-state index in [1.807, 2.05) is 0 Å². The van der Waals surface area contributed by atoms with Crippen LogP contribution < -0.4 is 12.3 Å². The van der Waals surface area contributed by atoms with Gasteiger partial charge in [0.15, 0.2) is 0 Å². The van der Waals surface area contributed by atoms with E-state index >= 15 is 0 Å². The van der Waals surface area contributed by atoms with Crippen molar-refractivity contribution in [1.82, 2.24) is 12.3 Å². The predicted molar refractivity (Wildman–Crippen MR) is 47.1 cm³/mol. The number of hydrogen-bond donors (Lipinski definition) is 2. The molecule has 0 aliphatic carbocycles. The average Bonchev–Trinajstić information content (AvgIpc) is 0.592. The molecule has 0 saturated carbocycles. The molecular formula is H8CeCl6N2. The molecule has 9 heteroatoms. The first-order valence-electron chi connectivity index (χ1n) is 1.13. The van der Waals surface area contributed by atoms with Gasteiger partial charge in [-0.3, -0.25) is 0 Å². The quantitative estimate of drug-likeness (QED) is 0.593. The van der Waals surface area contributed by atoms with Gasteiger partial charge in [-0.1, -0.05) is 0 Å². The van der Waals surface area contributed by atoms with Crippen LogP contribution in [0.3, 0.4) is 0 Å². The van der Waals surface area contributed by atoms with E-state index in [4.69, 9.17) is 33.8 Å². The summed E-state index contributed by atoms with van der Waals surface area (Å²) in [6, 6.07) is 0. The van der Waals surface area contributed by atoms with Crippen molar-refractivity contribution in [2.45, 2.75) is 0 Å². The van der Waals surface area contributed by atoms with Crippen LogP contribution in [0.4, 0.5) is 0 Å². The summed E-state index contributed by atoms with van der Waals surface area (Å²) in [5.74, 6) is 0. The maximum atomic E-state index is 5.08. The van der Waals surface area contributed by atoms with Gasteiger partial charge in [0.1, 0.15) is 0 Å². The number of quaternary nitrogens is 2. The zero-order valence-electron chi connectivity index (χ0n) is 4.77. The van der Waals surface area contributed by atoms with E-state index in [1.165, 1.54) is 0 Å². The molecule has 0 bridgehead atoms. The van der Waals surface area contributed by atoms with Crippen LogP contribution in [0.15, 0.2) is 0 Å². The van der Waals surface area contributed by atoms with E-state index in [0.29, 0.717) is 0 Å². The van der Waals surface area contributed by atoms with Crippen molar-refractivity contribution in [1.29, 1.82) is 0 Å². The molecule has 0 saturated heterocycles. The average molecular weight is 389 g/mol. The second-order valence-electron chi connectivity index (χ2n) is 1.07. The van der Waals surface area contributed by atoms with Crippen molar-refractivity contribution in [2.75, 3.05) is 0 Å². The van der Waals surface area contributed by atoms with E-state index in [0.717, 1.165) is 0 Å². The minimum Gasteiger partial charge on any atom is -0.369 e. The molecule has 0 rings (SSSR count). The molecular weight excluding hydrogens is 381 g/mol. The van der Waals surface area contributed by atoms with Gasteiger partial charge in [-0.25, -0.2) is 0 Å². The van der Waals surface area contributed by atoms with Gasteiger partial charge < -0.3 is 12.3 Å². The standard InChI is InChI=1S/Ce.6ClH.2H3N/h;6*1H;2*1H3/q+4;;;;;;;;/p-4. The van der Waals surface area contributed by atoms with Gasteiger partial charge in [0.25, 0.3) is 0 Å². The van der Waals surface area contributed by atoms with Gasteiger partial charge in [-0.2, -0.15) is 0 Å². The SMILES string of the molecule is [Cl][Ce-2]([Cl])([Cl])([Cl])([Cl])[Cl].[NH4+].[NH4+]. The normalized spacial score (nSPS) is 18.0. The van der Waals surface area contributed by atoms with Crippen molar-refractivity contribution in [3.63, 3.8) is 0 Å². The summed E-state index contributed by atoms with van der Waals surface area (Å²) in [6.07, 6.45) is 0. The molecule has 0 spiro atoms. The van der Waals surface area contributed by atoms with Gasteiger partial charge in [0, 0.05) is 0 Å². The summed E-state index contributed by atoms with van der Waals surface area (Å²) < 4.78 is 0. The zero-order valence-corrected chi connectivity index (χ0v) is 12.4. The van der Waals surface area contributed by atoms with Crippen molar-refractivity contribution in [3.05, 3.63) is 0 Å². The van der Waals surface area contributed by atoms with Crippen LogP contribution in [-0.4, -0.2) is 0 Å². The van der Waals surface area contributed by atoms with Crippen LogP contribution in [0.2, 0.25) is 0 Å². The Kier molecular flexibility index (Phi) is 6.82. The molecule has 2 nitrogen and oxygen atoms in total. The fraction of sp³-hybridized carbons (Fsp3) is 0. The summed E-state index contributed by atoms with van der Waals surface area (Å²) in [6.45, 7) is 0. The third kappa shape index (κ3) is 97.7. The predicted octanol–water partition coefficient (Wildman–Crippen LogP) is 4.89. The van der Waals surface area contributed by atoms with E-state index in [-0.39, 0.29) is 12.3 Å². The smallest absolute Gasteiger partial charge is 0.369 e. The molecule has 0 unspecified atom stereocenters. The van der Waals surface area contributed by atoms with Crippen molar-refractivity contribution in [3.8, 4) is 0 Å². The Morgan fingerprint density at radius 2 is 0.556 bits per heavy atom. The molecule has 9 heavy (non-hydrogen) atoms. The van der Waals surface area contributed by atoms with E-state index in [1.54, 1.807) is 0 Å². The molecule has 64 valence electrons. The first-order chi connectivity index (χ1) is 2.45. The zero-order chi connectivity index (χ0) is 6.41. The Morgan fingerprint density at radius 3 is 0.556 bits per heavy atom. The van der Waals surface area contributed by atoms with E-state index in [9.17, 15) is 0 Å². The van der Waals surface area contributed by atoms with E-state index in [2.05, 4.69) is 0 Å². The fourth-order valence-corrected chi connectivity index (χ4v) is 0. The minimum atomic E-state index is -5.56. The summed E-state index contributed by atoms with van der Waals surface area (Å²) in [4.78, 5) is 0. The number of hydrogen-bond acceptors (Lipinski definition) is 0. The van der Waals surface area contributed by atoms with Gasteiger partial charge >= 0.3 is 53.4 Å². The molecule has 0 aliphatic rings. The van der Waals surface area contributed by atoms with Gasteiger partial charge in [-0.05, 0) is 0 Å². The first-order valence-corrected chi connectivity index (χ1v) is 24.8. The molecule has 8 N–H and O–H groups in total. The molecule has 0 aliphatic heterocycles. The monoisotopic (exact) mass is 386 g/mol. The molecule has 0 amide bonds. The Morgan fingerprint density at radius 1 is 0.556 bits per heavy atom. The van der Waals surface area contributed by atoms with Crippen LogP contribution in [0, 0.1) is 19.6 Å². The Labute approximate surface area is 63.6 Å². The van der Waals surface area contributed by atoms with Crippen molar-refractivity contribution in [2.24, 2.45) is 0 Å². The van der Waals surface area contributed by atoms with Crippen LogP contribution in [0.5, 0.6) is 0 Å². The fourth-order valence-electron chi connectivity index (χ4n) is 0. The Bertz CT molecular complexity index is 69.6. The Hall–Kier alpha value is 3.04. The van der Waals surface area contributed by atoms with Crippen molar-refractivity contribution < 1.29 is 19.6 Å². The topological polar surface area (TPSA) is 73.0 Å². The van der Waals surface area contributed by atoms with Crippen molar-refractivity contribution >= 4 is 33.8 Å². The molecule has 0 aromatic carbocycles. The van der Waals surface area contributed by atoms with Gasteiger partial charge in [-0.15, -0.1) is 0 Å². The summed E-state index contributed by atoms with van der Waals surface area (Å²) >= 11 is -5.56. The van der Waals surface area contributed by atoms with Crippen LogP contribution in [0.1, 0.15) is 0 Å². The van der Waals surface area contributed by atoms with Crippen LogP contribution in [-0.2, 0) is 0 Å². The molecule has 0 radical (unpaired) electrons. The summed E-state index contributed by atoms with van der Waals surface area (Å²) in [5.41, 5.74) is 30.5. The van der Waals surface area contributed by atoms with E-state index < -0.39 is 19.6 Å². The molecule has 0 aromatic rings. The first kappa shape index (κ1) is 18.0. The molecule has 0 aromatic heterocycles. The third-order valence-electron chi connectivity index (χ3n) is 0. The van der Waals surface area contributed by atoms with Gasteiger partial charge in [0.05, 0.1) is 0 Å². The summed E-state index contributed by atoms with van der Waals surface area (Å²) in [7, 11) is 0. The molecule has 0 heterocycles. The Balaban J connectivity index is -0.000000180. The maximum absolute atomic E-state index is 5.56. The molecule has 0 atom stereocenters. The minimum absolute atomic E-state index is 0. The van der Waals surface area contributed by atoms with Crippen LogP contribution in [0.25, 0.3) is 0 Å². The van der Waals surface area contributed by atoms with Crippen LogP contribution >= 0.6 is 33.8 Å². The summed E-state index contributed by atoms with van der Waals surface area (Å²) in [5, 5.41) is 0. The third-order valence-corrected chi connectivity index (χ3v) is 0. The second kappa shape index (κ2) is 3.42. The second-order valence-corrected chi connectivity index (χ2v) is 70.2. The van der Waals surface area contributed by atoms with Gasteiger partial charge in [0.2, 0.25) is 0 Å². The number of halogens is 6. The number of rotatable bonds is 0. The molecule has 0 fully saturated rings. The largest absolute Gasteiger partial charge is 0.369 e.